The molecule has 0 aliphatic carbocycles. The lowest BCUT2D eigenvalue weighted by molar-refractivity contribution is -0.173. The van der Waals surface area contributed by atoms with E-state index in [4.69, 9.17) is 24.7 Å². The number of fused-ring (bicyclic) bond motifs is 1. The van der Waals surface area contributed by atoms with Crippen molar-refractivity contribution in [1.82, 2.24) is 19.5 Å². The van der Waals surface area contributed by atoms with E-state index in [-0.39, 0.29) is 18.3 Å². The van der Waals surface area contributed by atoms with Gasteiger partial charge < -0.3 is 24.7 Å². The van der Waals surface area contributed by atoms with Crippen LogP contribution in [0, 0.1) is 17.8 Å². The van der Waals surface area contributed by atoms with E-state index in [1.165, 1.54) is 17.2 Å². The van der Waals surface area contributed by atoms with E-state index in [2.05, 4.69) is 15.0 Å². The van der Waals surface area contributed by atoms with Gasteiger partial charge >= 0.3 is 17.9 Å². The third-order valence-electron chi connectivity index (χ3n) is 5.26. The maximum Gasteiger partial charge on any atom is 0.308 e. The van der Waals surface area contributed by atoms with Gasteiger partial charge in [-0.25, -0.2) is 15.0 Å². The maximum atomic E-state index is 12.6. The highest BCUT2D eigenvalue weighted by molar-refractivity contribution is 5.81. The summed E-state index contributed by atoms with van der Waals surface area (Å²) in [6.07, 6.45) is -1.28. The molecule has 12 nitrogen and oxygen atoms in total. The van der Waals surface area contributed by atoms with Crippen LogP contribution in [-0.2, 0) is 33.3 Å². The van der Waals surface area contributed by atoms with Crippen LogP contribution in [0.2, 0.25) is 0 Å². The first-order valence-electron chi connectivity index (χ1n) is 11.2. The van der Waals surface area contributed by atoms with Gasteiger partial charge in [0.1, 0.15) is 24.6 Å². The zero-order valence-corrected chi connectivity index (χ0v) is 20.1. The quantitative estimate of drug-likeness (QED) is 0.435. The lowest BCUT2D eigenvalue weighted by atomic mass is 10.1. The Morgan fingerprint density at radius 2 is 1.53 bits per heavy atom. The highest BCUT2D eigenvalue weighted by atomic mass is 16.7. The molecule has 0 spiro atoms. The molecule has 2 aromatic heterocycles. The van der Waals surface area contributed by atoms with Crippen molar-refractivity contribution in [2.24, 2.45) is 17.8 Å². The number of esters is 3. The van der Waals surface area contributed by atoms with Gasteiger partial charge in [-0.2, -0.15) is 0 Å². The highest BCUT2D eigenvalue weighted by Gasteiger charge is 2.52. The lowest BCUT2D eigenvalue weighted by Gasteiger charge is -2.26. The molecular weight excluding hydrogens is 446 g/mol. The second kappa shape index (κ2) is 10.3. The van der Waals surface area contributed by atoms with Gasteiger partial charge in [0.05, 0.1) is 24.1 Å². The summed E-state index contributed by atoms with van der Waals surface area (Å²) in [6, 6.07) is 0. The minimum absolute atomic E-state index is 0.169. The Kier molecular flexibility index (Phi) is 7.70. The Morgan fingerprint density at radius 3 is 2.12 bits per heavy atom. The zero-order chi connectivity index (χ0) is 25.2. The summed E-state index contributed by atoms with van der Waals surface area (Å²) < 4.78 is 24.5. The molecule has 1 aliphatic heterocycles. The van der Waals surface area contributed by atoms with E-state index in [0.717, 1.165) is 0 Å². The minimum atomic E-state index is -1.06. The van der Waals surface area contributed by atoms with Gasteiger partial charge in [0.25, 0.3) is 0 Å². The molecule has 3 rings (SSSR count). The Morgan fingerprint density at radius 1 is 0.941 bits per heavy atom. The van der Waals surface area contributed by atoms with Crippen molar-refractivity contribution in [2.75, 3.05) is 12.3 Å². The first-order valence-corrected chi connectivity index (χ1v) is 11.2. The molecule has 0 radical (unpaired) electrons. The summed E-state index contributed by atoms with van der Waals surface area (Å²) >= 11 is 0. The van der Waals surface area contributed by atoms with Gasteiger partial charge in [0.15, 0.2) is 29.9 Å². The Hall–Kier alpha value is -3.28. The van der Waals surface area contributed by atoms with Crippen LogP contribution in [0.5, 0.6) is 0 Å². The first-order chi connectivity index (χ1) is 16.0. The van der Waals surface area contributed by atoms with Crippen molar-refractivity contribution in [3.8, 4) is 0 Å². The summed E-state index contributed by atoms with van der Waals surface area (Å²) in [6.45, 7) is 9.93. The number of rotatable bonds is 8. The number of nitrogen functional groups attached to an aromatic ring is 1. The fourth-order valence-electron chi connectivity index (χ4n) is 3.26. The Balaban J connectivity index is 2.02. The normalized spacial score (nSPS) is 22.5. The molecular formula is C22H31N5O7. The lowest BCUT2D eigenvalue weighted by Crippen LogP contribution is -2.42. The van der Waals surface area contributed by atoms with Gasteiger partial charge in [-0.15, -0.1) is 0 Å². The van der Waals surface area contributed by atoms with Crippen molar-refractivity contribution in [2.45, 2.75) is 66.1 Å². The molecule has 0 saturated carbocycles. The average molecular weight is 478 g/mol. The third-order valence-corrected chi connectivity index (χ3v) is 5.26. The molecule has 0 amide bonds. The standard InChI is InChI=1S/C22H31N5O7/c1-10(2)20(28)31-7-13-15(33-21(29)11(3)4)16(34-22(30)12(5)6)19(32-13)27-9-26-14-17(23)24-8-25-18(14)27/h8-13,15-16,19H,7H2,1-6H3,(H2,23,24,25)/t13-,15-,16+,19-/m1/s1. The maximum absolute atomic E-state index is 12.6. The predicted molar refractivity (Wildman–Crippen MR) is 119 cm³/mol. The molecule has 2 aromatic rings. The van der Waals surface area contributed by atoms with E-state index in [1.807, 2.05) is 0 Å². The minimum Gasteiger partial charge on any atom is -0.463 e. The second-order valence-electron chi connectivity index (χ2n) is 9.05. The number of aromatic nitrogens is 4. The number of nitrogens with zero attached hydrogens (tertiary/aromatic N) is 4. The van der Waals surface area contributed by atoms with Crippen molar-refractivity contribution in [3.63, 3.8) is 0 Å². The van der Waals surface area contributed by atoms with Crippen LogP contribution in [0.15, 0.2) is 12.7 Å². The highest BCUT2D eigenvalue weighted by Crippen LogP contribution is 2.37. The molecule has 1 saturated heterocycles. The molecule has 12 heteroatoms. The van der Waals surface area contributed by atoms with Gasteiger partial charge in [-0.1, -0.05) is 41.5 Å². The van der Waals surface area contributed by atoms with Gasteiger partial charge in [-0.3, -0.25) is 19.0 Å². The molecule has 1 aliphatic rings. The summed E-state index contributed by atoms with van der Waals surface area (Å²) in [5.74, 6) is -2.54. The van der Waals surface area contributed by atoms with Crippen molar-refractivity contribution in [3.05, 3.63) is 12.7 Å². The molecule has 1 fully saturated rings. The SMILES string of the molecule is CC(C)C(=O)OC[C@H]1O[C@@H](n2cnc3c(N)ncnc32)[C@@H](OC(=O)C(C)C)[C@@H]1OC(=O)C(C)C. The molecule has 0 bridgehead atoms. The fourth-order valence-corrected chi connectivity index (χ4v) is 3.26. The number of ether oxygens (including phenoxy) is 4. The van der Waals surface area contributed by atoms with Crippen LogP contribution < -0.4 is 5.73 Å². The predicted octanol–water partition coefficient (Wildman–Crippen LogP) is 1.64. The summed E-state index contributed by atoms with van der Waals surface area (Å²) in [5.41, 5.74) is 6.59. The number of hydrogen-bond acceptors (Lipinski definition) is 11. The zero-order valence-electron chi connectivity index (χ0n) is 20.1. The van der Waals surface area contributed by atoms with Crippen LogP contribution in [0.4, 0.5) is 5.82 Å². The molecule has 4 atom stereocenters. The molecule has 2 N–H and O–H groups in total. The van der Waals surface area contributed by atoms with E-state index in [1.54, 1.807) is 41.5 Å². The summed E-state index contributed by atoms with van der Waals surface area (Å²) in [4.78, 5) is 49.6. The second-order valence-corrected chi connectivity index (χ2v) is 9.05. The first kappa shape index (κ1) is 25.3. The summed E-state index contributed by atoms with van der Waals surface area (Å²) in [7, 11) is 0. The van der Waals surface area contributed by atoms with E-state index < -0.39 is 54.3 Å². The molecule has 186 valence electrons. The number of hydrogen-bond donors (Lipinski definition) is 1. The van der Waals surface area contributed by atoms with Crippen molar-refractivity contribution < 1.29 is 33.3 Å². The smallest absolute Gasteiger partial charge is 0.308 e. The number of carbonyl (C=O) groups excluding carboxylic acids is 3. The van der Waals surface area contributed by atoms with Crippen molar-refractivity contribution in [1.29, 1.82) is 0 Å². The Bertz CT molecular complexity index is 1050. The monoisotopic (exact) mass is 477 g/mol. The van der Waals surface area contributed by atoms with Gasteiger partial charge in [-0.05, 0) is 0 Å². The molecule has 3 heterocycles. The van der Waals surface area contributed by atoms with E-state index in [9.17, 15) is 14.4 Å². The fraction of sp³-hybridized carbons (Fsp3) is 0.636. The summed E-state index contributed by atoms with van der Waals surface area (Å²) in [5, 5.41) is 0. The molecule has 0 unspecified atom stereocenters. The van der Waals surface area contributed by atoms with E-state index >= 15 is 0 Å². The van der Waals surface area contributed by atoms with Crippen LogP contribution in [0.25, 0.3) is 11.2 Å². The number of imidazole rings is 1. The van der Waals surface area contributed by atoms with Crippen LogP contribution in [0.1, 0.15) is 47.8 Å². The van der Waals surface area contributed by atoms with Crippen LogP contribution in [-0.4, -0.2) is 62.3 Å². The largest absolute Gasteiger partial charge is 0.463 e. The average Bonchev–Trinajstić information content (AvgIpc) is 3.34. The molecule has 0 aromatic carbocycles. The topological polar surface area (TPSA) is 158 Å². The number of anilines is 1. The third kappa shape index (κ3) is 5.27. The number of nitrogens with two attached hydrogens (primary N) is 1. The van der Waals surface area contributed by atoms with Gasteiger partial charge in [0, 0.05) is 0 Å². The number of carbonyl (C=O) groups is 3. The Labute approximate surface area is 197 Å². The van der Waals surface area contributed by atoms with Crippen LogP contribution in [0.3, 0.4) is 0 Å². The van der Waals surface area contributed by atoms with E-state index in [0.29, 0.717) is 11.2 Å². The van der Waals surface area contributed by atoms with Crippen molar-refractivity contribution >= 4 is 34.9 Å². The van der Waals surface area contributed by atoms with Gasteiger partial charge in [0.2, 0.25) is 0 Å². The molecule has 34 heavy (non-hydrogen) atoms. The van der Waals surface area contributed by atoms with Crippen LogP contribution >= 0.6 is 0 Å².